The quantitative estimate of drug-likeness (QED) is 0.373. The molecule has 5 rings (SSSR count). The molecule has 134 valence electrons. The summed E-state index contributed by atoms with van der Waals surface area (Å²) in [6.07, 6.45) is 2.63. The standard InChI is InChI=1S/C20H16N4S3/c1-12-9-14(13(2)24(12)20-21-7-8-25-20)16-11-26-18(23-16)10-19-22-15-5-3-4-6-17(15)27-19/h3-9,11H,10H2,1-2H3. The van der Waals surface area contributed by atoms with E-state index in [1.165, 1.54) is 21.7 Å². The van der Waals surface area contributed by atoms with Crippen molar-refractivity contribution in [1.82, 2.24) is 19.5 Å². The van der Waals surface area contributed by atoms with Crippen LogP contribution in [0.1, 0.15) is 21.4 Å². The Labute approximate surface area is 168 Å². The van der Waals surface area contributed by atoms with Crippen molar-refractivity contribution in [3.63, 3.8) is 0 Å². The van der Waals surface area contributed by atoms with E-state index in [9.17, 15) is 0 Å². The Balaban J connectivity index is 1.46. The zero-order valence-corrected chi connectivity index (χ0v) is 17.3. The first-order valence-corrected chi connectivity index (χ1v) is 11.1. The summed E-state index contributed by atoms with van der Waals surface area (Å²) in [6.45, 7) is 4.25. The van der Waals surface area contributed by atoms with Crippen molar-refractivity contribution in [2.24, 2.45) is 0 Å². The maximum atomic E-state index is 4.90. The molecule has 4 nitrogen and oxygen atoms in total. The van der Waals surface area contributed by atoms with Gasteiger partial charge in [-0.05, 0) is 32.0 Å². The highest BCUT2D eigenvalue weighted by Crippen LogP contribution is 2.32. The number of para-hydroxylation sites is 1. The van der Waals surface area contributed by atoms with Crippen LogP contribution in [0.5, 0.6) is 0 Å². The summed E-state index contributed by atoms with van der Waals surface area (Å²) in [7, 11) is 0. The highest BCUT2D eigenvalue weighted by Gasteiger charge is 2.16. The van der Waals surface area contributed by atoms with Gasteiger partial charge in [-0.25, -0.2) is 15.0 Å². The van der Waals surface area contributed by atoms with Crippen LogP contribution in [0.2, 0.25) is 0 Å². The number of nitrogens with zero attached hydrogens (tertiary/aromatic N) is 4. The molecule has 0 spiro atoms. The smallest absolute Gasteiger partial charge is 0.193 e. The van der Waals surface area contributed by atoms with Gasteiger partial charge in [0.05, 0.1) is 22.3 Å². The van der Waals surface area contributed by atoms with Gasteiger partial charge in [-0.3, -0.25) is 4.57 Å². The number of fused-ring (bicyclic) bond motifs is 1. The first-order chi connectivity index (χ1) is 13.2. The topological polar surface area (TPSA) is 43.6 Å². The zero-order chi connectivity index (χ0) is 18.4. The second-order valence-corrected chi connectivity index (χ2v) is 9.24. The van der Waals surface area contributed by atoms with Crippen LogP contribution in [0.15, 0.2) is 47.3 Å². The van der Waals surface area contributed by atoms with Gasteiger partial charge < -0.3 is 0 Å². The molecule has 4 aromatic heterocycles. The molecule has 0 fully saturated rings. The first kappa shape index (κ1) is 16.8. The van der Waals surface area contributed by atoms with Crippen molar-refractivity contribution < 1.29 is 0 Å². The fourth-order valence-electron chi connectivity index (χ4n) is 3.28. The van der Waals surface area contributed by atoms with E-state index in [0.717, 1.165) is 32.8 Å². The highest BCUT2D eigenvalue weighted by atomic mass is 32.1. The number of benzene rings is 1. The molecule has 0 unspecified atom stereocenters. The summed E-state index contributed by atoms with van der Waals surface area (Å²) in [5.41, 5.74) is 5.64. The van der Waals surface area contributed by atoms with Gasteiger partial charge in [0.25, 0.3) is 0 Å². The van der Waals surface area contributed by atoms with E-state index < -0.39 is 0 Å². The molecular weight excluding hydrogens is 392 g/mol. The lowest BCUT2D eigenvalue weighted by molar-refractivity contribution is 0.950. The summed E-state index contributed by atoms with van der Waals surface area (Å²) in [6, 6.07) is 10.5. The van der Waals surface area contributed by atoms with Crippen molar-refractivity contribution in [1.29, 1.82) is 0 Å². The van der Waals surface area contributed by atoms with Crippen LogP contribution in [0, 0.1) is 13.8 Å². The molecule has 0 aliphatic carbocycles. The van der Waals surface area contributed by atoms with Gasteiger partial charge in [-0.1, -0.05) is 12.1 Å². The second kappa shape index (κ2) is 6.67. The molecule has 0 amide bonds. The summed E-state index contributed by atoms with van der Waals surface area (Å²) >= 11 is 5.10. The van der Waals surface area contributed by atoms with Crippen molar-refractivity contribution in [3.8, 4) is 16.4 Å². The zero-order valence-electron chi connectivity index (χ0n) is 14.8. The van der Waals surface area contributed by atoms with E-state index >= 15 is 0 Å². The minimum Gasteiger partial charge on any atom is -0.294 e. The van der Waals surface area contributed by atoms with Crippen molar-refractivity contribution in [2.45, 2.75) is 20.3 Å². The molecule has 5 aromatic rings. The monoisotopic (exact) mass is 408 g/mol. The minimum absolute atomic E-state index is 0.787. The van der Waals surface area contributed by atoms with Gasteiger partial charge >= 0.3 is 0 Å². The molecule has 0 saturated heterocycles. The molecule has 1 aromatic carbocycles. The number of thiazole rings is 3. The van der Waals surface area contributed by atoms with Crippen molar-refractivity contribution in [2.75, 3.05) is 0 Å². The fraction of sp³-hybridized carbons (Fsp3) is 0.150. The van der Waals surface area contributed by atoms with E-state index in [1.54, 1.807) is 34.0 Å². The maximum absolute atomic E-state index is 4.90. The van der Waals surface area contributed by atoms with Crippen LogP contribution < -0.4 is 0 Å². The minimum atomic E-state index is 0.787. The lowest BCUT2D eigenvalue weighted by Gasteiger charge is -2.04. The molecule has 0 atom stereocenters. The molecule has 0 aliphatic heterocycles. The Morgan fingerprint density at radius 2 is 1.93 bits per heavy atom. The predicted octanol–water partition coefficient (Wildman–Crippen LogP) is 5.87. The number of hydrogen-bond donors (Lipinski definition) is 0. The summed E-state index contributed by atoms with van der Waals surface area (Å²) in [5, 5.41) is 7.37. The molecule has 0 aliphatic rings. The Bertz CT molecular complexity index is 1190. The summed E-state index contributed by atoms with van der Waals surface area (Å²) < 4.78 is 3.43. The molecule has 27 heavy (non-hydrogen) atoms. The second-order valence-electron chi connectivity index (χ2n) is 6.31. The molecular formula is C20H16N4S3. The SMILES string of the molecule is Cc1cc(-c2csc(Cc3nc4ccccc4s3)n2)c(C)n1-c1nccs1. The van der Waals surface area contributed by atoms with Crippen LogP contribution in [0.3, 0.4) is 0 Å². The van der Waals surface area contributed by atoms with Gasteiger partial charge in [0, 0.05) is 33.9 Å². The van der Waals surface area contributed by atoms with Crippen LogP contribution in [-0.2, 0) is 6.42 Å². The van der Waals surface area contributed by atoms with E-state index in [-0.39, 0.29) is 0 Å². The van der Waals surface area contributed by atoms with Gasteiger partial charge in [-0.15, -0.1) is 34.0 Å². The van der Waals surface area contributed by atoms with Crippen LogP contribution in [-0.4, -0.2) is 19.5 Å². The van der Waals surface area contributed by atoms with Gasteiger partial charge in [0.2, 0.25) is 0 Å². The van der Waals surface area contributed by atoms with Gasteiger partial charge in [-0.2, -0.15) is 0 Å². The molecule has 0 radical (unpaired) electrons. The number of rotatable bonds is 4. The van der Waals surface area contributed by atoms with Crippen LogP contribution in [0.25, 0.3) is 26.6 Å². The number of hydrogen-bond acceptors (Lipinski definition) is 6. The first-order valence-electron chi connectivity index (χ1n) is 8.57. The van der Waals surface area contributed by atoms with E-state index in [0.29, 0.717) is 0 Å². The van der Waals surface area contributed by atoms with E-state index in [2.05, 4.69) is 53.0 Å². The number of aromatic nitrogens is 4. The maximum Gasteiger partial charge on any atom is 0.193 e. The lowest BCUT2D eigenvalue weighted by Crippen LogP contribution is -1.98. The molecule has 0 bridgehead atoms. The molecule has 0 N–H and O–H groups in total. The Hall–Kier alpha value is -2.35. The molecule has 7 heteroatoms. The van der Waals surface area contributed by atoms with Gasteiger partial charge in [0.15, 0.2) is 5.13 Å². The van der Waals surface area contributed by atoms with E-state index in [1.807, 2.05) is 17.6 Å². The Morgan fingerprint density at radius 1 is 1.04 bits per heavy atom. The predicted molar refractivity (Wildman–Crippen MR) is 114 cm³/mol. The third kappa shape index (κ3) is 3.01. The third-order valence-corrected chi connectivity index (χ3v) is 7.15. The number of aryl methyl sites for hydroxylation is 1. The molecule has 0 saturated carbocycles. The molecule has 4 heterocycles. The Kier molecular flexibility index (Phi) is 4.15. The average molecular weight is 409 g/mol. The largest absolute Gasteiger partial charge is 0.294 e. The van der Waals surface area contributed by atoms with Crippen LogP contribution in [0.4, 0.5) is 0 Å². The Morgan fingerprint density at radius 3 is 2.74 bits per heavy atom. The fourth-order valence-corrected chi connectivity index (χ4v) is 5.90. The van der Waals surface area contributed by atoms with Crippen molar-refractivity contribution >= 4 is 44.2 Å². The normalized spacial score (nSPS) is 11.5. The summed E-state index contributed by atoms with van der Waals surface area (Å²) in [5.74, 6) is 0. The highest BCUT2D eigenvalue weighted by molar-refractivity contribution is 7.18. The average Bonchev–Trinajstić information content (AvgIpc) is 3.42. The van der Waals surface area contributed by atoms with E-state index in [4.69, 9.17) is 9.97 Å². The lowest BCUT2D eigenvalue weighted by atomic mass is 10.2. The third-order valence-electron chi connectivity index (χ3n) is 4.51. The van der Waals surface area contributed by atoms with Gasteiger partial charge in [0.1, 0.15) is 10.0 Å². The summed E-state index contributed by atoms with van der Waals surface area (Å²) in [4.78, 5) is 14.1. The van der Waals surface area contributed by atoms with Crippen molar-refractivity contribution in [3.05, 3.63) is 68.7 Å². The van der Waals surface area contributed by atoms with Crippen LogP contribution >= 0.6 is 34.0 Å².